The van der Waals surface area contributed by atoms with Gasteiger partial charge in [0.15, 0.2) is 17.3 Å². The molecule has 7 nitrogen and oxygen atoms in total. The van der Waals surface area contributed by atoms with E-state index in [2.05, 4.69) is 0 Å². The average Bonchev–Trinajstić information content (AvgIpc) is 3.16. The summed E-state index contributed by atoms with van der Waals surface area (Å²) in [5.74, 6) is 0.251. The minimum atomic E-state index is -0.887. The van der Waals surface area contributed by atoms with E-state index in [0.717, 1.165) is 6.42 Å². The number of carbonyl (C=O) groups is 2. The highest BCUT2D eigenvalue weighted by Gasteiger charge is 2.41. The fourth-order valence-corrected chi connectivity index (χ4v) is 4.05. The van der Waals surface area contributed by atoms with E-state index in [1.165, 1.54) is 0 Å². The van der Waals surface area contributed by atoms with Crippen LogP contribution in [0.2, 0.25) is 0 Å². The maximum absolute atomic E-state index is 13.4. The second kappa shape index (κ2) is 12.2. The topological polar surface area (TPSA) is 91.3 Å². The van der Waals surface area contributed by atoms with Crippen molar-refractivity contribution in [3.63, 3.8) is 0 Å². The molecule has 0 aliphatic carbocycles. The highest BCUT2D eigenvalue weighted by atomic mass is 16.6. The van der Waals surface area contributed by atoms with E-state index in [9.17, 15) is 14.7 Å². The molecule has 1 heterocycles. The minimum Gasteiger partial charge on any atom is -0.493 e. The van der Waals surface area contributed by atoms with Gasteiger partial charge in [0.2, 0.25) is 0 Å². The fourth-order valence-electron chi connectivity index (χ4n) is 4.05. The number of hydrogen-bond donors (Lipinski definition) is 1. The summed E-state index contributed by atoms with van der Waals surface area (Å²) in [6.45, 7) is 8.88. The molecule has 1 fully saturated rings. The number of rotatable bonds is 13. The first-order valence-electron chi connectivity index (χ1n) is 11.4. The van der Waals surface area contributed by atoms with Crippen LogP contribution in [0.5, 0.6) is 11.5 Å². The predicted octanol–water partition coefficient (Wildman–Crippen LogP) is 3.90. The van der Waals surface area contributed by atoms with E-state index >= 15 is 0 Å². The minimum absolute atomic E-state index is 0.00308. The van der Waals surface area contributed by atoms with Gasteiger partial charge in [-0.15, -0.1) is 0 Å². The molecule has 0 bridgehead atoms. The van der Waals surface area contributed by atoms with E-state index in [4.69, 9.17) is 18.9 Å². The van der Waals surface area contributed by atoms with Gasteiger partial charge in [-0.3, -0.25) is 9.59 Å². The Bertz CT molecular complexity index is 759. The Morgan fingerprint density at radius 2 is 1.88 bits per heavy atom. The van der Waals surface area contributed by atoms with Crippen LogP contribution in [0, 0.1) is 23.7 Å². The fraction of sp³-hybridized carbons (Fsp3) is 0.680. The molecule has 180 valence electrons. The van der Waals surface area contributed by atoms with Crippen LogP contribution >= 0.6 is 0 Å². The number of ether oxygens (including phenoxy) is 4. The van der Waals surface area contributed by atoms with Crippen LogP contribution in [0.15, 0.2) is 18.2 Å². The third-order valence-electron chi connectivity index (χ3n) is 6.13. The van der Waals surface area contributed by atoms with Crippen LogP contribution in [0.4, 0.5) is 0 Å². The number of carbonyl (C=O) groups excluding carboxylic acids is 2. The zero-order valence-electron chi connectivity index (χ0n) is 20.1. The molecule has 1 saturated heterocycles. The lowest BCUT2D eigenvalue weighted by atomic mass is 9.81. The third-order valence-corrected chi connectivity index (χ3v) is 6.13. The molecule has 0 spiro atoms. The molecular weight excluding hydrogens is 412 g/mol. The van der Waals surface area contributed by atoms with Crippen molar-refractivity contribution in [1.82, 2.24) is 0 Å². The first kappa shape index (κ1) is 26.1. The number of aliphatic hydroxyl groups excluding tert-OH is 1. The zero-order valence-corrected chi connectivity index (χ0v) is 20.1. The molecule has 4 atom stereocenters. The maximum atomic E-state index is 13.4. The lowest BCUT2D eigenvalue weighted by molar-refractivity contribution is -0.149. The second-order valence-electron chi connectivity index (χ2n) is 9.14. The Balaban J connectivity index is 2.13. The zero-order chi connectivity index (χ0) is 23.8. The van der Waals surface area contributed by atoms with Crippen LogP contribution in [0.25, 0.3) is 0 Å². The Hall–Kier alpha value is -2.12. The summed E-state index contributed by atoms with van der Waals surface area (Å²) in [4.78, 5) is 25.5. The maximum Gasteiger partial charge on any atom is 0.309 e. The van der Waals surface area contributed by atoms with Gasteiger partial charge in [-0.05, 0) is 36.5 Å². The number of Topliss-reactive ketones (excluding diaryl/α,β-unsaturated/α-hetero) is 1. The highest BCUT2D eigenvalue weighted by Crippen LogP contribution is 2.34. The molecule has 32 heavy (non-hydrogen) atoms. The molecule has 0 radical (unpaired) electrons. The summed E-state index contributed by atoms with van der Waals surface area (Å²) in [6, 6.07) is 5.13. The Labute approximate surface area is 191 Å². The molecule has 0 saturated carbocycles. The Morgan fingerprint density at radius 3 is 2.44 bits per heavy atom. The van der Waals surface area contributed by atoms with Crippen LogP contribution in [-0.2, 0) is 14.3 Å². The average molecular weight is 451 g/mol. The Kier molecular flexibility index (Phi) is 9.97. The molecule has 0 amide bonds. The summed E-state index contributed by atoms with van der Waals surface area (Å²) >= 11 is 0. The predicted molar refractivity (Wildman–Crippen MR) is 121 cm³/mol. The smallest absolute Gasteiger partial charge is 0.309 e. The van der Waals surface area contributed by atoms with Crippen LogP contribution in [-0.4, -0.2) is 56.5 Å². The first-order valence-corrected chi connectivity index (χ1v) is 11.4. The molecule has 7 heteroatoms. The number of benzene rings is 1. The molecule has 1 aromatic rings. The van der Waals surface area contributed by atoms with Crippen molar-refractivity contribution in [3.05, 3.63) is 23.8 Å². The van der Waals surface area contributed by atoms with Gasteiger partial charge in [0.25, 0.3) is 0 Å². The van der Waals surface area contributed by atoms with Crippen molar-refractivity contribution in [2.75, 3.05) is 27.4 Å². The lowest BCUT2D eigenvalue weighted by Crippen LogP contribution is -2.33. The van der Waals surface area contributed by atoms with Crippen molar-refractivity contribution >= 4 is 11.8 Å². The van der Waals surface area contributed by atoms with Crippen molar-refractivity contribution in [1.29, 1.82) is 0 Å². The van der Waals surface area contributed by atoms with Gasteiger partial charge in [-0.1, -0.05) is 27.7 Å². The number of esters is 1. The van der Waals surface area contributed by atoms with Crippen LogP contribution in [0.1, 0.15) is 57.3 Å². The van der Waals surface area contributed by atoms with Crippen LogP contribution in [0.3, 0.4) is 0 Å². The van der Waals surface area contributed by atoms with E-state index in [1.54, 1.807) is 32.4 Å². The molecule has 0 unspecified atom stereocenters. The van der Waals surface area contributed by atoms with Gasteiger partial charge in [0.1, 0.15) is 6.10 Å². The summed E-state index contributed by atoms with van der Waals surface area (Å²) in [5.41, 5.74) is 0.502. The van der Waals surface area contributed by atoms with Gasteiger partial charge in [0.05, 0.1) is 25.7 Å². The summed E-state index contributed by atoms with van der Waals surface area (Å²) in [5, 5.41) is 10.8. The van der Waals surface area contributed by atoms with E-state index in [-0.39, 0.29) is 35.9 Å². The largest absolute Gasteiger partial charge is 0.493 e. The molecule has 1 aromatic carbocycles. The van der Waals surface area contributed by atoms with Crippen molar-refractivity contribution in [3.8, 4) is 11.5 Å². The van der Waals surface area contributed by atoms with Gasteiger partial charge in [-0.25, -0.2) is 0 Å². The third kappa shape index (κ3) is 6.69. The molecule has 1 aliphatic heterocycles. The van der Waals surface area contributed by atoms with Gasteiger partial charge >= 0.3 is 5.97 Å². The SMILES string of the molecule is COCCCOc1cc(C(=O)[C@@H](C[C@@H](O)[C@H]2C[C@@H](C(C)C)C(=O)O2)C(C)C)ccc1OC. The molecule has 1 aliphatic rings. The van der Waals surface area contributed by atoms with Gasteiger partial charge < -0.3 is 24.1 Å². The van der Waals surface area contributed by atoms with Gasteiger partial charge in [0, 0.05) is 38.0 Å². The second-order valence-corrected chi connectivity index (χ2v) is 9.14. The lowest BCUT2D eigenvalue weighted by Gasteiger charge is -2.25. The standard InChI is InChI=1S/C25H38O7/c1-15(2)18(13-20(26)22-14-19(16(3)4)25(28)32-22)24(27)17-8-9-21(30-6)23(12-17)31-11-7-10-29-5/h8-9,12,15-16,18-20,22,26H,7,10-11,13-14H2,1-6H3/t18-,19-,20+,22+/m0/s1. The number of cyclic esters (lactones) is 1. The first-order chi connectivity index (χ1) is 15.2. The monoisotopic (exact) mass is 450 g/mol. The number of ketones is 1. The molecular formula is C25H38O7. The number of aliphatic hydroxyl groups is 1. The van der Waals surface area contributed by atoms with Crippen molar-refractivity contribution in [2.45, 2.75) is 59.2 Å². The van der Waals surface area contributed by atoms with E-state index in [0.29, 0.717) is 36.7 Å². The van der Waals surface area contributed by atoms with Gasteiger partial charge in [-0.2, -0.15) is 0 Å². The number of hydrogen-bond acceptors (Lipinski definition) is 7. The normalized spacial score (nSPS) is 20.3. The Morgan fingerprint density at radius 1 is 1.16 bits per heavy atom. The van der Waals surface area contributed by atoms with E-state index in [1.807, 2.05) is 27.7 Å². The summed E-state index contributed by atoms with van der Waals surface area (Å²) in [7, 11) is 3.19. The van der Waals surface area contributed by atoms with E-state index < -0.39 is 18.1 Å². The molecule has 1 N–H and O–H groups in total. The summed E-state index contributed by atoms with van der Waals surface area (Å²) < 4.78 is 21.6. The van der Waals surface area contributed by atoms with Crippen molar-refractivity contribution < 1.29 is 33.6 Å². The number of methoxy groups -OCH3 is 2. The summed E-state index contributed by atoms with van der Waals surface area (Å²) in [6.07, 6.45) is -0.0223. The van der Waals surface area contributed by atoms with Crippen molar-refractivity contribution in [2.24, 2.45) is 23.7 Å². The van der Waals surface area contributed by atoms with Crippen LogP contribution < -0.4 is 9.47 Å². The molecule has 2 rings (SSSR count). The highest BCUT2D eigenvalue weighted by molar-refractivity contribution is 5.98. The quantitative estimate of drug-likeness (QED) is 0.277. The molecule has 0 aromatic heterocycles.